The molecule has 2 N–H and O–H groups in total. The first-order chi connectivity index (χ1) is 8.47. The van der Waals surface area contributed by atoms with Crippen LogP contribution in [0, 0.1) is 0 Å². The molecule has 1 aromatic carbocycles. The summed E-state index contributed by atoms with van der Waals surface area (Å²) in [7, 11) is 1.37. The first-order valence-electron chi connectivity index (χ1n) is 5.27. The summed E-state index contributed by atoms with van der Waals surface area (Å²) in [6.07, 6.45) is -0.727. The molecule has 18 heavy (non-hydrogen) atoms. The maximum atomic E-state index is 11.6. The fourth-order valence-corrected chi connectivity index (χ4v) is 1.59. The lowest BCUT2D eigenvalue weighted by Gasteiger charge is -2.18. The van der Waals surface area contributed by atoms with Gasteiger partial charge in [0.05, 0.1) is 0 Å². The van der Waals surface area contributed by atoms with Crippen LogP contribution in [0.3, 0.4) is 0 Å². The molecule has 0 fully saturated rings. The summed E-state index contributed by atoms with van der Waals surface area (Å²) in [4.78, 5) is 22.8. The zero-order valence-electron chi connectivity index (χ0n) is 10.0. The molecule has 0 saturated heterocycles. The van der Waals surface area contributed by atoms with E-state index in [1.54, 1.807) is 24.3 Å². The molecule has 5 nitrogen and oxygen atoms in total. The summed E-state index contributed by atoms with van der Waals surface area (Å²) in [5, 5.41) is 11.8. The van der Waals surface area contributed by atoms with Crippen LogP contribution < -0.4 is 5.32 Å². The van der Waals surface area contributed by atoms with Crippen molar-refractivity contribution in [1.82, 2.24) is 5.32 Å². The molecule has 0 aliphatic heterocycles. The molecule has 98 valence electrons. The highest BCUT2D eigenvalue weighted by atomic mass is 35.5. The van der Waals surface area contributed by atoms with E-state index in [1.807, 2.05) is 0 Å². The molecule has 0 bridgehead atoms. The number of carbonyl (C=O) groups is 2. The largest absolute Gasteiger partial charge is 0.479 e. The molecule has 1 rings (SSSR count). The Bertz CT molecular complexity index is 449. The van der Waals surface area contributed by atoms with Crippen LogP contribution in [-0.4, -0.2) is 30.2 Å². The zero-order chi connectivity index (χ0) is 13.7. The second-order valence-electron chi connectivity index (χ2n) is 3.68. The summed E-state index contributed by atoms with van der Waals surface area (Å²) < 4.78 is 4.82. The first-order valence-corrected chi connectivity index (χ1v) is 5.65. The monoisotopic (exact) mass is 271 g/mol. The predicted octanol–water partition coefficient (Wildman–Crippen LogP) is 1.62. The molecule has 6 heteroatoms. The van der Waals surface area contributed by atoms with Gasteiger partial charge in [0.2, 0.25) is 5.91 Å². The second kappa shape index (κ2) is 6.37. The number of carbonyl (C=O) groups excluding carboxylic acids is 1. The van der Waals surface area contributed by atoms with E-state index in [4.69, 9.17) is 21.4 Å². The lowest BCUT2D eigenvalue weighted by molar-refractivity contribution is -0.143. The number of aliphatic carboxylic acids is 1. The summed E-state index contributed by atoms with van der Waals surface area (Å²) in [6, 6.07) is 5.27. The van der Waals surface area contributed by atoms with Crippen molar-refractivity contribution >= 4 is 23.5 Å². The van der Waals surface area contributed by atoms with Crippen molar-refractivity contribution in [3.8, 4) is 0 Å². The Morgan fingerprint density at radius 3 is 2.50 bits per heavy atom. The van der Waals surface area contributed by atoms with Crippen LogP contribution in [0.25, 0.3) is 0 Å². The zero-order valence-corrected chi connectivity index (χ0v) is 10.8. The van der Waals surface area contributed by atoms with E-state index in [0.29, 0.717) is 5.56 Å². The predicted molar refractivity (Wildman–Crippen MR) is 66.4 cm³/mol. The molecule has 0 heterocycles. The van der Waals surface area contributed by atoms with Crippen molar-refractivity contribution in [3.05, 3.63) is 34.9 Å². The lowest BCUT2D eigenvalue weighted by Crippen LogP contribution is -2.39. The third kappa shape index (κ3) is 3.45. The Morgan fingerprint density at radius 1 is 1.39 bits per heavy atom. The van der Waals surface area contributed by atoms with Crippen molar-refractivity contribution in [2.45, 2.75) is 19.1 Å². The van der Waals surface area contributed by atoms with Crippen LogP contribution in [0.2, 0.25) is 5.02 Å². The van der Waals surface area contributed by atoms with E-state index in [9.17, 15) is 9.59 Å². The van der Waals surface area contributed by atoms with Crippen LogP contribution in [0.5, 0.6) is 0 Å². The van der Waals surface area contributed by atoms with E-state index >= 15 is 0 Å². The number of ether oxygens (including phenoxy) is 1. The number of benzene rings is 1. The van der Waals surface area contributed by atoms with Crippen molar-refractivity contribution in [3.63, 3.8) is 0 Å². The van der Waals surface area contributed by atoms with E-state index in [0.717, 1.165) is 0 Å². The number of nitrogens with one attached hydrogen (secondary N) is 1. The number of carboxylic acid groups (broad SMARTS) is 1. The molecule has 0 spiro atoms. The number of rotatable bonds is 5. The van der Waals surface area contributed by atoms with Gasteiger partial charge in [0.15, 0.2) is 6.04 Å². The molecule has 0 aliphatic carbocycles. The van der Waals surface area contributed by atoms with Gasteiger partial charge in [0.25, 0.3) is 0 Å². The number of carboxylic acids is 1. The van der Waals surface area contributed by atoms with Gasteiger partial charge in [0.1, 0.15) is 6.10 Å². The number of hydrogen-bond donors (Lipinski definition) is 2. The molecule has 1 unspecified atom stereocenters. The van der Waals surface area contributed by atoms with Gasteiger partial charge < -0.3 is 15.2 Å². The average molecular weight is 272 g/mol. The Balaban J connectivity index is 2.95. The molecular formula is C12H14ClNO4. The Kier molecular flexibility index (Phi) is 5.12. The first kappa shape index (κ1) is 14.5. The third-order valence-corrected chi connectivity index (χ3v) is 2.82. The Hall–Kier alpha value is -1.59. The molecule has 0 aliphatic rings. The third-order valence-electron chi connectivity index (χ3n) is 2.47. The quantitative estimate of drug-likeness (QED) is 0.853. The van der Waals surface area contributed by atoms with Crippen LogP contribution >= 0.6 is 11.6 Å². The number of hydrogen-bond acceptors (Lipinski definition) is 3. The van der Waals surface area contributed by atoms with Gasteiger partial charge in [-0.25, -0.2) is 4.79 Å². The van der Waals surface area contributed by atoms with Crippen molar-refractivity contribution in [1.29, 1.82) is 0 Å². The van der Waals surface area contributed by atoms with Gasteiger partial charge in [-0.2, -0.15) is 0 Å². The highest BCUT2D eigenvalue weighted by Gasteiger charge is 2.26. The smallest absolute Gasteiger partial charge is 0.330 e. The molecular weight excluding hydrogens is 258 g/mol. The second-order valence-corrected chi connectivity index (χ2v) is 4.09. The minimum atomic E-state index is -1.19. The molecule has 1 aromatic rings. The molecule has 1 amide bonds. The van der Waals surface area contributed by atoms with E-state index in [1.165, 1.54) is 14.0 Å². The topological polar surface area (TPSA) is 75.6 Å². The summed E-state index contributed by atoms with van der Waals surface area (Å²) in [5.74, 6) is -1.69. The van der Waals surface area contributed by atoms with Gasteiger partial charge in [-0.05, 0) is 13.0 Å². The minimum absolute atomic E-state index is 0.287. The molecule has 0 saturated carbocycles. The normalized spacial score (nSPS) is 13.7. The van der Waals surface area contributed by atoms with Crippen LogP contribution in [0.1, 0.15) is 18.5 Å². The maximum absolute atomic E-state index is 11.6. The van der Waals surface area contributed by atoms with Gasteiger partial charge in [0, 0.05) is 17.7 Å². The fraction of sp³-hybridized carbons (Fsp3) is 0.333. The van der Waals surface area contributed by atoms with Gasteiger partial charge >= 0.3 is 5.97 Å². The van der Waals surface area contributed by atoms with Gasteiger partial charge in [-0.15, -0.1) is 0 Å². The molecule has 0 aromatic heterocycles. The van der Waals surface area contributed by atoms with Gasteiger partial charge in [-0.3, -0.25) is 4.79 Å². The number of amides is 1. The Morgan fingerprint density at radius 2 is 2.00 bits per heavy atom. The highest BCUT2D eigenvalue weighted by Crippen LogP contribution is 2.23. The van der Waals surface area contributed by atoms with Crippen LogP contribution in [0.4, 0.5) is 0 Å². The average Bonchev–Trinajstić information content (AvgIpc) is 2.35. The molecule has 0 radical (unpaired) electrons. The SMILES string of the molecule is COC(C)C(=O)N[C@@H](C(=O)O)c1ccccc1Cl. The summed E-state index contributed by atoms with van der Waals surface area (Å²) in [5.41, 5.74) is 0.336. The van der Waals surface area contributed by atoms with Crippen molar-refractivity contribution < 1.29 is 19.4 Å². The van der Waals surface area contributed by atoms with Gasteiger partial charge in [-0.1, -0.05) is 29.8 Å². The van der Waals surface area contributed by atoms with Crippen LogP contribution in [0.15, 0.2) is 24.3 Å². The fourth-order valence-electron chi connectivity index (χ4n) is 1.35. The van der Waals surface area contributed by atoms with E-state index < -0.39 is 24.0 Å². The molecule has 2 atom stereocenters. The maximum Gasteiger partial charge on any atom is 0.330 e. The van der Waals surface area contributed by atoms with Crippen LogP contribution in [-0.2, 0) is 14.3 Å². The number of halogens is 1. The Labute approximate surface area is 110 Å². The lowest BCUT2D eigenvalue weighted by atomic mass is 10.1. The summed E-state index contributed by atoms with van der Waals surface area (Å²) in [6.45, 7) is 1.53. The van der Waals surface area contributed by atoms with E-state index in [-0.39, 0.29) is 5.02 Å². The standard InChI is InChI=1S/C12H14ClNO4/c1-7(18-2)11(15)14-10(12(16)17)8-5-3-4-6-9(8)13/h3-7,10H,1-2H3,(H,14,15)(H,16,17)/t7?,10-/m1/s1. The van der Waals surface area contributed by atoms with E-state index in [2.05, 4.69) is 5.32 Å². The summed E-state index contributed by atoms with van der Waals surface area (Å²) >= 11 is 5.91. The van der Waals surface area contributed by atoms with Crippen molar-refractivity contribution in [2.75, 3.05) is 7.11 Å². The highest BCUT2D eigenvalue weighted by molar-refractivity contribution is 6.31. The minimum Gasteiger partial charge on any atom is -0.479 e. The number of methoxy groups -OCH3 is 1. The van der Waals surface area contributed by atoms with Crippen molar-refractivity contribution in [2.24, 2.45) is 0 Å².